The van der Waals surface area contributed by atoms with Gasteiger partial charge in [0, 0.05) is 44.4 Å². The van der Waals surface area contributed by atoms with E-state index in [-0.39, 0.29) is 17.9 Å². The van der Waals surface area contributed by atoms with Crippen molar-refractivity contribution >= 4 is 11.8 Å². The monoisotopic (exact) mass is 384 g/mol. The molecular formula is C20H28N6O2. The van der Waals surface area contributed by atoms with Gasteiger partial charge in [0.1, 0.15) is 6.04 Å². The van der Waals surface area contributed by atoms with Crippen molar-refractivity contribution in [3.05, 3.63) is 35.7 Å². The van der Waals surface area contributed by atoms with E-state index >= 15 is 0 Å². The van der Waals surface area contributed by atoms with Crippen molar-refractivity contribution in [1.29, 1.82) is 0 Å². The van der Waals surface area contributed by atoms with Crippen LogP contribution in [0.2, 0.25) is 0 Å². The number of aromatic nitrogens is 4. The Morgan fingerprint density at radius 2 is 2.04 bits per heavy atom. The zero-order valence-electron chi connectivity index (χ0n) is 16.8. The van der Waals surface area contributed by atoms with Gasteiger partial charge in [-0.05, 0) is 32.3 Å². The van der Waals surface area contributed by atoms with E-state index in [2.05, 4.69) is 15.1 Å². The molecule has 0 aliphatic carbocycles. The summed E-state index contributed by atoms with van der Waals surface area (Å²) in [5.41, 5.74) is 2.76. The van der Waals surface area contributed by atoms with Crippen LogP contribution in [0.15, 0.2) is 18.7 Å². The highest BCUT2D eigenvalue weighted by molar-refractivity contribution is 5.80. The minimum Gasteiger partial charge on any atom is -0.348 e. The zero-order valence-corrected chi connectivity index (χ0v) is 16.8. The Morgan fingerprint density at radius 3 is 2.68 bits per heavy atom. The average molecular weight is 384 g/mol. The van der Waals surface area contributed by atoms with Crippen LogP contribution in [0.5, 0.6) is 0 Å². The van der Waals surface area contributed by atoms with E-state index in [1.165, 1.54) is 0 Å². The minimum atomic E-state index is -0.400. The molecule has 0 radical (unpaired) electrons. The Labute approximate surface area is 164 Å². The van der Waals surface area contributed by atoms with Crippen molar-refractivity contribution in [2.24, 2.45) is 0 Å². The molecular weight excluding hydrogens is 356 g/mol. The third-order valence-electron chi connectivity index (χ3n) is 6.25. The first-order valence-corrected chi connectivity index (χ1v) is 10.1. The lowest BCUT2D eigenvalue weighted by Gasteiger charge is -2.50. The summed E-state index contributed by atoms with van der Waals surface area (Å²) in [4.78, 5) is 37.4. The number of H-pyrrole nitrogens is 1. The molecule has 1 fully saturated rings. The van der Waals surface area contributed by atoms with Crippen molar-refractivity contribution in [3.63, 3.8) is 0 Å². The van der Waals surface area contributed by atoms with E-state index in [0.717, 1.165) is 23.4 Å². The molecule has 1 saturated heterocycles. The second-order valence-corrected chi connectivity index (χ2v) is 7.91. The van der Waals surface area contributed by atoms with Crippen LogP contribution in [-0.2, 0) is 21.5 Å². The lowest BCUT2D eigenvalue weighted by Crippen LogP contribution is -2.59. The lowest BCUT2D eigenvalue weighted by molar-refractivity contribution is -0.145. The average Bonchev–Trinajstić information content (AvgIpc) is 3.37. The first-order valence-electron chi connectivity index (χ1n) is 10.1. The van der Waals surface area contributed by atoms with Crippen molar-refractivity contribution in [2.75, 3.05) is 19.6 Å². The molecule has 1 spiro atoms. The number of carbonyl (C=O) groups is 2. The zero-order chi connectivity index (χ0) is 19.9. The number of imidazole rings is 1. The topological polar surface area (TPSA) is 87.1 Å². The van der Waals surface area contributed by atoms with Crippen LogP contribution in [0.25, 0.3) is 0 Å². The lowest BCUT2D eigenvalue weighted by atomic mass is 9.78. The van der Waals surface area contributed by atoms with E-state index in [1.807, 2.05) is 36.8 Å². The third-order valence-corrected chi connectivity index (χ3v) is 6.25. The fourth-order valence-corrected chi connectivity index (χ4v) is 4.66. The van der Waals surface area contributed by atoms with Crippen LogP contribution in [0.1, 0.15) is 56.1 Å². The number of hydrogen-bond donors (Lipinski definition) is 1. The molecule has 2 aliphatic heterocycles. The fourth-order valence-electron chi connectivity index (χ4n) is 4.66. The van der Waals surface area contributed by atoms with Gasteiger partial charge in [0.2, 0.25) is 11.8 Å². The van der Waals surface area contributed by atoms with Gasteiger partial charge < -0.3 is 14.8 Å². The standard InChI is InChI=1S/C20H28N6O2/c1-4-17(27)25-8-5-16-18(22-13-21-16)20(25)6-9-24(10-7-20)19(28)15(3)26-12-14(2)11-23-26/h11-13,15H,4-10H2,1-3H3,(H,21,22). The van der Waals surface area contributed by atoms with Crippen LogP contribution >= 0.6 is 0 Å². The minimum absolute atomic E-state index is 0.0735. The maximum Gasteiger partial charge on any atom is 0.247 e. The first kappa shape index (κ1) is 18.7. The van der Waals surface area contributed by atoms with Gasteiger partial charge in [-0.15, -0.1) is 0 Å². The Bertz CT molecular complexity index is 877. The molecule has 4 heterocycles. The Kier molecular flexibility index (Phi) is 4.72. The highest BCUT2D eigenvalue weighted by Gasteiger charge is 2.49. The summed E-state index contributed by atoms with van der Waals surface area (Å²) < 4.78 is 1.72. The highest BCUT2D eigenvalue weighted by Crippen LogP contribution is 2.42. The Morgan fingerprint density at radius 1 is 1.29 bits per heavy atom. The molecule has 1 N–H and O–H groups in total. The highest BCUT2D eigenvalue weighted by atomic mass is 16.2. The van der Waals surface area contributed by atoms with Gasteiger partial charge in [0.15, 0.2) is 0 Å². The molecule has 0 saturated carbocycles. The molecule has 1 atom stereocenters. The molecule has 150 valence electrons. The number of hydrogen-bond acceptors (Lipinski definition) is 4. The van der Waals surface area contributed by atoms with Gasteiger partial charge in [0.05, 0.1) is 23.8 Å². The SMILES string of the molecule is CCC(=O)N1CCc2[nH]cnc2C12CCN(C(=O)C(C)n1cc(C)cn1)CC2. The van der Waals surface area contributed by atoms with Crippen molar-refractivity contribution < 1.29 is 9.59 Å². The number of aryl methyl sites for hydroxylation is 1. The van der Waals surface area contributed by atoms with Gasteiger partial charge >= 0.3 is 0 Å². The molecule has 0 bridgehead atoms. The second kappa shape index (κ2) is 7.07. The summed E-state index contributed by atoms with van der Waals surface area (Å²) in [6.07, 6.45) is 8.12. The third kappa shape index (κ3) is 2.91. The molecule has 2 aromatic rings. The van der Waals surface area contributed by atoms with Gasteiger partial charge in [-0.25, -0.2) is 4.98 Å². The predicted molar refractivity (Wildman–Crippen MR) is 103 cm³/mol. The molecule has 2 aliphatic rings. The van der Waals surface area contributed by atoms with Crippen LogP contribution in [0.3, 0.4) is 0 Å². The van der Waals surface area contributed by atoms with E-state index in [1.54, 1.807) is 17.2 Å². The first-order chi connectivity index (χ1) is 13.5. The van der Waals surface area contributed by atoms with Gasteiger partial charge in [0.25, 0.3) is 0 Å². The molecule has 4 rings (SSSR count). The number of carbonyl (C=O) groups excluding carboxylic acids is 2. The molecule has 0 aromatic carbocycles. The summed E-state index contributed by atoms with van der Waals surface area (Å²) in [7, 11) is 0. The number of nitrogens with zero attached hydrogens (tertiary/aromatic N) is 5. The molecule has 28 heavy (non-hydrogen) atoms. The summed E-state index contributed by atoms with van der Waals surface area (Å²) in [5.74, 6) is 0.234. The normalized spacial score (nSPS) is 19.5. The number of amides is 2. The van der Waals surface area contributed by atoms with E-state index in [0.29, 0.717) is 38.9 Å². The fraction of sp³-hybridized carbons (Fsp3) is 0.600. The van der Waals surface area contributed by atoms with Crippen LogP contribution < -0.4 is 0 Å². The quantitative estimate of drug-likeness (QED) is 0.874. The van der Waals surface area contributed by atoms with Crippen molar-refractivity contribution in [1.82, 2.24) is 29.5 Å². The van der Waals surface area contributed by atoms with Crippen LogP contribution in [0.4, 0.5) is 0 Å². The molecule has 1 unspecified atom stereocenters. The molecule has 2 amide bonds. The molecule has 2 aromatic heterocycles. The maximum absolute atomic E-state index is 13.0. The number of aromatic amines is 1. The molecule has 8 heteroatoms. The Hall–Kier alpha value is -2.64. The van der Waals surface area contributed by atoms with E-state index in [4.69, 9.17) is 0 Å². The largest absolute Gasteiger partial charge is 0.348 e. The number of fused-ring (bicyclic) bond motifs is 2. The number of piperidine rings is 1. The van der Waals surface area contributed by atoms with E-state index in [9.17, 15) is 9.59 Å². The molecule has 8 nitrogen and oxygen atoms in total. The van der Waals surface area contributed by atoms with Gasteiger partial charge in [-0.1, -0.05) is 6.92 Å². The predicted octanol–water partition coefficient (Wildman–Crippen LogP) is 1.79. The second-order valence-electron chi connectivity index (χ2n) is 7.91. The maximum atomic E-state index is 13.0. The van der Waals surface area contributed by atoms with Crippen LogP contribution in [-0.4, -0.2) is 61.0 Å². The Balaban J connectivity index is 1.54. The number of likely N-dealkylation sites (tertiary alicyclic amines) is 1. The van der Waals surface area contributed by atoms with Crippen LogP contribution in [0, 0.1) is 6.92 Å². The number of nitrogens with one attached hydrogen (secondary N) is 1. The summed E-state index contributed by atoms with van der Waals surface area (Å²) in [6, 6.07) is -0.330. The van der Waals surface area contributed by atoms with Gasteiger partial charge in [-0.2, -0.15) is 5.10 Å². The summed E-state index contributed by atoms with van der Waals surface area (Å²) in [6.45, 7) is 7.70. The van der Waals surface area contributed by atoms with Crippen molar-refractivity contribution in [2.45, 2.75) is 58.0 Å². The van der Waals surface area contributed by atoms with E-state index < -0.39 is 5.54 Å². The summed E-state index contributed by atoms with van der Waals surface area (Å²) >= 11 is 0. The van der Waals surface area contributed by atoms with Gasteiger partial charge in [-0.3, -0.25) is 14.3 Å². The smallest absolute Gasteiger partial charge is 0.247 e. The van der Waals surface area contributed by atoms with Crippen molar-refractivity contribution in [3.8, 4) is 0 Å². The number of rotatable bonds is 3. The summed E-state index contributed by atoms with van der Waals surface area (Å²) in [5, 5.41) is 4.29.